The monoisotopic (exact) mass is 699 g/mol. The molecule has 0 bridgehead atoms. The molecule has 3 aromatic heterocycles. The van der Waals surface area contributed by atoms with Crippen LogP contribution in [0.25, 0.3) is 93.6 Å². The molecule has 254 valence electrons. The summed E-state index contributed by atoms with van der Waals surface area (Å²) in [5.74, 6) is 0. The Balaban J connectivity index is 1.20. The minimum atomic E-state index is 0.577. The molecule has 0 atom stereocenters. The molecule has 8 aromatic carbocycles. The summed E-state index contributed by atoms with van der Waals surface area (Å²) in [6.07, 6.45) is 0. The van der Waals surface area contributed by atoms with Crippen LogP contribution in [0.5, 0.6) is 0 Å². The molecule has 55 heavy (non-hydrogen) atoms. The van der Waals surface area contributed by atoms with E-state index in [1.807, 2.05) is 48.5 Å². The van der Waals surface area contributed by atoms with Gasteiger partial charge in [-0.2, -0.15) is 10.5 Å². The van der Waals surface area contributed by atoms with Crippen molar-refractivity contribution in [2.45, 2.75) is 0 Å². The van der Waals surface area contributed by atoms with Crippen LogP contribution in [0.15, 0.2) is 176 Å². The molecule has 11 aromatic rings. The highest BCUT2D eigenvalue weighted by molar-refractivity contribution is 6.15. The van der Waals surface area contributed by atoms with Gasteiger partial charge in [0.05, 0.1) is 67.7 Å². The highest BCUT2D eigenvalue weighted by Crippen LogP contribution is 2.41. The first-order valence-corrected chi connectivity index (χ1v) is 18.3. The number of aromatic nitrogens is 3. The summed E-state index contributed by atoms with van der Waals surface area (Å²) in [4.78, 5) is 0. The zero-order valence-electron chi connectivity index (χ0n) is 29.5. The normalized spacial score (nSPS) is 11.6. The molecule has 0 N–H and O–H groups in total. The third-order valence-electron chi connectivity index (χ3n) is 11.1. The molecule has 5 heteroatoms. The Morgan fingerprint density at radius 2 is 0.836 bits per heavy atom. The van der Waals surface area contributed by atoms with Crippen LogP contribution in [0.3, 0.4) is 0 Å². The van der Waals surface area contributed by atoms with Crippen LogP contribution in [0, 0.1) is 22.7 Å². The van der Waals surface area contributed by atoms with E-state index in [1.54, 1.807) is 0 Å². The summed E-state index contributed by atoms with van der Waals surface area (Å²) in [5.41, 5.74) is 12.6. The number of benzene rings is 8. The number of nitriles is 2. The Hall–Kier alpha value is -7.86. The van der Waals surface area contributed by atoms with Crippen LogP contribution in [-0.4, -0.2) is 13.7 Å². The van der Waals surface area contributed by atoms with E-state index in [1.165, 1.54) is 21.5 Å². The summed E-state index contributed by atoms with van der Waals surface area (Å²) in [5, 5.41) is 27.0. The van der Waals surface area contributed by atoms with E-state index in [0.29, 0.717) is 11.1 Å². The molecule has 5 nitrogen and oxygen atoms in total. The number of fused-ring (bicyclic) bond motifs is 9. The fraction of sp³-hybridized carbons (Fsp3) is 0. The smallest absolute Gasteiger partial charge is 0.0992 e. The molecule has 0 aliphatic heterocycles. The molecule has 0 unspecified atom stereocenters. The van der Waals surface area contributed by atoms with E-state index in [-0.39, 0.29) is 0 Å². The zero-order valence-corrected chi connectivity index (χ0v) is 29.5. The van der Waals surface area contributed by atoms with Crippen molar-refractivity contribution < 1.29 is 0 Å². The fourth-order valence-electron chi connectivity index (χ4n) is 8.78. The largest absolute Gasteiger partial charge is 0.309 e. The predicted molar refractivity (Wildman–Crippen MR) is 224 cm³/mol. The van der Waals surface area contributed by atoms with Crippen molar-refractivity contribution in [3.63, 3.8) is 0 Å². The second-order valence-corrected chi connectivity index (χ2v) is 14.0. The number of nitrogens with zero attached hydrogens (tertiary/aromatic N) is 5. The van der Waals surface area contributed by atoms with Gasteiger partial charge in [0, 0.05) is 43.6 Å². The molecular weight excluding hydrogens is 671 g/mol. The standard InChI is InChI=1S/C50H29N5/c51-30-32-24-26-47(55-46-21-8-3-15-38(46)40-25-23-33(31-52)28-49(40)55)42(27-32)34-11-9-12-35(29-34)53-43-18-5-4-16-39(43)41-17-10-22-48(50(41)53)54-44-19-6-1-13-36(44)37-14-2-7-20-45(37)54/h1-29H. The van der Waals surface area contributed by atoms with Gasteiger partial charge in [-0.25, -0.2) is 0 Å². The molecule has 0 saturated carbocycles. The minimum Gasteiger partial charge on any atom is -0.309 e. The van der Waals surface area contributed by atoms with Crippen molar-refractivity contribution in [2.24, 2.45) is 0 Å². The molecule has 0 radical (unpaired) electrons. The van der Waals surface area contributed by atoms with Gasteiger partial charge in [0.15, 0.2) is 0 Å². The van der Waals surface area contributed by atoms with Gasteiger partial charge in [-0.15, -0.1) is 0 Å². The molecule has 0 aliphatic rings. The van der Waals surface area contributed by atoms with Gasteiger partial charge in [-0.3, -0.25) is 0 Å². The second kappa shape index (κ2) is 11.8. The summed E-state index contributed by atoms with van der Waals surface area (Å²) in [7, 11) is 0. The van der Waals surface area contributed by atoms with Crippen LogP contribution >= 0.6 is 0 Å². The lowest BCUT2D eigenvalue weighted by Crippen LogP contribution is -2.01. The first-order chi connectivity index (χ1) is 27.2. The van der Waals surface area contributed by atoms with E-state index in [0.717, 1.165) is 72.1 Å². The average Bonchev–Trinajstić information content (AvgIpc) is 3.89. The van der Waals surface area contributed by atoms with Gasteiger partial charge in [-0.05, 0) is 78.4 Å². The lowest BCUT2D eigenvalue weighted by atomic mass is 10.00. The van der Waals surface area contributed by atoms with E-state index < -0.39 is 0 Å². The summed E-state index contributed by atoms with van der Waals surface area (Å²) >= 11 is 0. The predicted octanol–water partition coefficient (Wildman–Crippen LogP) is 12.4. The minimum absolute atomic E-state index is 0.577. The van der Waals surface area contributed by atoms with Crippen molar-refractivity contribution in [2.75, 3.05) is 0 Å². The molecule has 0 fully saturated rings. The highest BCUT2D eigenvalue weighted by Gasteiger charge is 2.21. The maximum Gasteiger partial charge on any atom is 0.0992 e. The first-order valence-electron chi connectivity index (χ1n) is 18.3. The number of hydrogen-bond donors (Lipinski definition) is 0. The summed E-state index contributed by atoms with van der Waals surface area (Å²) in [6, 6.07) is 66.0. The Bertz CT molecular complexity index is 3420. The lowest BCUT2D eigenvalue weighted by Gasteiger charge is -2.17. The van der Waals surface area contributed by atoms with Gasteiger partial charge in [0.2, 0.25) is 0 Å². The SMILES string of the molecule is N#Cc1ccc(-n2c3ccccc3c3ccc(C#N)cc32)c(-c2cccc(-n3c4ccccc4c4cccc(-n5c6ccccc6c6ccccc65)c43)c2)c1. The van der Waals surface area contributed by atoms with E-state index >= 15 is 0 Å². The van der Waals surface area contributed by atoms with Crippen molar-refractivity contribution >= 4 is 65.4 Å². The fourth-order valence-corrected chi connectivity index (χ4v) is 8.78. The number of rotatable bonds is 4. The third-order valence-corrected chi connectivity index (χ3v) is 11.1. The molecule has 0 amide bonds. The van der Waals surface area contributed by atoms with Crippen molar-refractivity contribution in [1.29, 1.82) is 10.5 Å². The number of hydrogen-bond acceptors (Lipinski definition) is 2. The zero-order chi connectivity index (χ0) is 36.6. The molecular formula is C50H29N5. The van der Waals surface area contributed by atoms with Crippen molar-refractivity contribution in [1.82, 2.24) is 13.7 Å². The Kier molecular flexibility index (Phi) is 6.61. The summed E-state index contributed by atoms with van der Waals surface area (Å²) < 4.78 is 7.02. The van der Waals surface area contributed by atoms with Gasteiger partial charge in [0.25, 0.3) is 0 Å². The van der Waals surface area contributed by atoms with Crippen LogP contribution in [0.1, 0.15) is 11.1 Å². The van der Waals surface area contributed by atoms with Gasteiger partial charge in [-0.1, -0.05) is 103 Å². The second-order valence-electron chi connectivity index (χ2n) is 14.0. The lowest BCUT2D eigenvalue weighted by molar-refractivity contribution is 1.13. The molecule has 3 heterocycles. The van der Waals surface area contributed by atoms with Crippen molar-refractivity contribution in [3.05, 3.63) is 187 Å². The average molecular weight is 700 g/mol. The Morgan fingerprint density at radius 1 is 0.345 bits per heavy atom. The Morgan fingerprint density at radius 3 is 1.47 bits per heavy atom. The maximum atomic E-state index is 10.2. The Labute approximate surface area is 316 Å². The van der Waals surface area contributed by atoms with Crippen molar-refractivity contribution in [3.8, 4) is 40.3 Å². The topological polar surface area (TPSA) is 62.4 Å². The van der Waals surface area contributed by atoms with Crippen LogP contribution in [0.4, 0.5) is 0 Å². The van der Waals surface area contributed by atoms with Crippen LogP contribution < -0.4 is 0 Å². The van der Waals surface area contributed by atoms with E-state index in [9.17, 15) is 10.5 Å². The third kappa shape index (κ3) is 4.45. The van der Waals surface area contributed by atoms with E-state index in [2.05, 4.69) is 153 Å². The van der Waals surface area contributed by atoms with E-state index in [4.69, 9.17) is 0 Å². The molecule has 0 aliphatic carbocycles. The molecule has 0 spiro atoms. The summed E-state index contributed by atoms with van der Waals surface area (Å²) in [6.45, 7) is 0. The molecule has 0 saturated heterocycles. The van der Waals surface area contributed by atoms with Gasteiger partial charge in [0.1, 0.15) is 0 Å². The van der Waals surface area contributed by atoms with Gasteiger partial charge < -0.3 is 13.7 Å². The molecule has 11 rings (SSSR count). The van der Waals surface area contributed by atoms with Crippen LogP contribution in [0.2, 0.25) is 0 Å². The number of para-hydroxylation sites is 5. The highest BCUT2D eigenvalue weighted by atomic mass is 15.1. The first kappa shape index (κ1) is 30.7. The van der Waals surface area contributed by atoms with Crippen LogP contribution in [-0.2, 0) is 0 Å². The van der Waals surface area contributed by atoms with Gasteiger partial charge >= 0.3 is 0 Å². The quantitative estimate of drug-likeness (QED) is 0.184. The maximum absolute atomic E-state index is 10.2.